The first-order valence-corrected chi connectivity index (χ1v) is 13.0. The van der Waals surface area contributed by atoms with Crippen LogP contribution in [0.2, 0.25) is 10.0 Å². The molecular weight excluding hydrogens is 531 g/mol. The summed E-state index contributed by atoms with van der Waals surface area (Å²) in [5, 5.41) is 20.1. The second kappa shape index (κ2) is 12.1. The summed E-state index contributed by atoms with van der Waals surface area (Å²) >= 11 is 13.4. The van der Waals surface area contributed by atoms with Crippen molar-refractivity contribution in [1.29, 1.82) is 5.26 Å². The highest BCUT2D eigenvalue weighted by molar-refractivity contribution is 8.03. The predicted molar refractivity (Wildman–Crippen MR) is 146 cm³/mol. The van der Waals surface area contributed by atoms with Gasteiger partial charge in [-0.05, 0) is 42.8 Å². The zero-order chi connectivity index (χ0) is 26.4. The van der Waals surface area contributed by atoms with E-state index in [1.54, 1.807) is 31.2 Å². The van der Waals surface area contributed by atoms with E-state index >= 15 is 0 Å². The number of nitrogens with zero attached hydrogens (tertiary/aromatic N) is 1. The molecule has 0 spiro atoms. The Morgan fingerprint density at radius 2 is 1.92 bits per heavy atom. The van der Waals surface area contributed by atoms with Crippen molar-refractivity contribution in [2.24, 2.45) is 0 Å². The molecule has 7 nitrogen and oxygen atoms in total. The first kappa shape index (κ1) is 26.4. The highest BCUT2D eigenvalue weighted by Crippen LogP contribution is 2.41. The monoisotopic (exact) mass is 552 g/mol. The Kier molecular flexibility index (Phi) is 8.62. The molecule has 2 amide bonds. The number of furan rings is 1. The number of carbonyl (C=O) groups is 2. The van der Waals surface area contributed by atoms with Crippen molar-refractivity contribution >= 4 is 52.5 Å². The Hall–Kier alpha value is -3.64. The zero-order valence-corrected chi connectivity index (χ0v) is 22.0. The van der Waals surface area contributed by atoms with Crippen molar-refractivity contribution in [2.75, 3.05) is 11.1 Å². The zero-order valence-electron chi connectivity index (χ0n) is 19.7. The maximum absolute atomic E-state index is 13.4. The van der Waals surface area contributed by atoms with Gasteiger partial charge in [0.15, 0.2) is 0 Å². The quantitative estimate of drug-likeness (QED) is 0.317. The van der Waals surface area contributed by atoms with E-state index in [4.69, 9.17) is 27.6 Å². The summed E-state index contributed by atoms with van der Waals surface area (Å²) in [5.41, 5.74) is 2.47. The number of benzene rings is 2. The van der Waals surface area contributed by atoms with Gasteiger partial charge in [0.05, 0.1) is 50.9 Å². The maximum atomic E-state index is 13.4. The van der Waals surface area contributed by atoms with E-state index in [9.17, 15) is 14.9 Å². The van der Waals surface area contributed by atoms with Crippen molar-refractivity contribution in [3.05, 3.63) is 110 Å². The van der Waals surface area contributed by atoms with Gasteiger partial charge in [0.25, 0.3) is 5.91 Å². The van der Waals surface area contributed by atoms with Crippen LogP contribution in [-0.4, -0.2) is 17.6 Å². The molecule has 1 atom stereocenters. The van der Waals surface area contributed by atoms with Gasteiger partial charge in [-0.3, -0.25) is 9.59 Å². The van der Waals surface area contributed by atoms with Gasteiger partial charge in [-0.25, -0.2) is 0 Å². The van der Waals surface area contributed by atoms with Gasteiger partial charge in [0.1, 0.15) is 5.76 Å². The number of anilines is 1. The molecule has 37 heavy (non-hydrogen) atoms. The topological polar surface area (TPSA) is 107 Å². The minimum absolute atomic E-state index is 0.0837. The highest BCUT2D eigenvalue weighted by Gasteiger charge is 2.36. The minimum Gasteiger partial charge on any atom is -0.468 e. The average Bonchev–Trinajstić information content (AvgIpc) is 3.42. The second-order valence-corrected chi connectivity index (χ2v) is 9.93. The molecule has 1 aliphatic rings. The largest absolute Gasteiger partial charge is 0.468 e. The maximum Gasteiger partial charge on any atom is 0.254 e. The highest BCUT2D eigenvalue weighted by atomic mass is 35.5. The second-order valence-electron chi connectivity index (χ2n) is 8.10. The van der Waals surface area contributed by atoms with Gasteiger partial charge in [0, 0.05) is 17.3 Å². The van der Waals surface area contributed by atoms with Crippen LogP contribution in [0.15, 0.2) is 93.2 Å². The Bertz CT molecular complexity index is 1410. The number of halogens is 2. The number of allylic oxidation sites excluding steroid dienone is 2. The van der Waals surface area contributed by atoms with Crippen LogP contribution < -0.4 is 16.0 Å². The van der Waals surface area contributed by atoms with Crippen molar-refractivity contribution in [3.8, 4) is 6.07 Å². The molecule has 2 aromatic carbocycles. The lowest BCUT2D eigenvalue weighted by Gasteiger charge is -2.28. The standard InChI is InChI=1S/C27H22Cl2N4O3S/c1-16-24(26(35)33-21-10-9-18(28)12-20(21)29)25(22-8-5-11-36-22)19(13-30)27(32-16)37-15-23(34)31-14-17-6-3-2-4-7-17/h2-12,25,32H,14-15H2,1H3,(H,31,34)(H,33,35). The van der Waals surface area contributed by atoms with Crippen molar-refractivity contribution in [1.82, 2.24) is 10.6 Å². The van der Waals surface area contributed by atoms with Gasteiger partial charge < -0.3 is 20.4 Å². The van der Waals surface area contributed by atoms with Gasteiger partial charge in [-0.15, -0.1) is 0 Å². The first-order chi connectivity index (χ1) is 17.9. The number of dihydropyridines is 1. The summed E-state index contributed by atoms with van der Waals surface area (Å²) in [6.07, 6.45) is 1.48. The number of amides is 2. The fraction of sp³-hybridized carbons (Fsp3) is 0.148. The van der Waals surface area contributed by atoms with Crippen LogP contribution in [-0.2, 0) is 16.1 Å². The summed E-state index contributed by atoms with van der Waals surface area (Å²) in [4.78, 5) is 25.9. The van der Waals surface area contributed by atoms with Crippen LogP contribution in [0.1, 0.15) is 24.2 Å². The molecule has 1 unspecified atom stereocenters. The lowest BCUT2D eigenvalue weighted by atomic mass is 9.85. The molecule has 0 radical (unpaired) electrons. The summed E-state index contributed by atoms with van der Waals surface area (Å²) in [7, 11) is 0. The molecule has 1 aliphatic heterocycles. The summed E-state index contributed by atoms with van der Waals surface area (Å²) in [6, 6.07) is 19.9. The van der Waals surface area contributed by atoms with Crippen molar-refractivity contribution in [2.45, 2.75) is 19.4 Å². The fourth-order valence-corrected chi connectivity index (χ4v) is 5.21. The molecule has 2 heterocycles. The molecule has 0 saturated heterocycles. The van der Waals surface area contributed by atoms with Crippen molar-refractivity contribution < 1.29 is 14.0 Å². The molecule has 188 valence electrons. The summed E-state index contributed by atoms with van der Waals surface area (Å²) in [6.45, 7) is 2.14. The third-order valence-corrected chi connectivity index (χ3v) is 7.14. The van der Waals surface area contributed by atoms with E-state index in [0.717, 1.165) is 5.56 Å². The van der Waals surface area contributed by atoms with E-state index in [1.807, 2.05) is 30.3 Å². The number of nitrogens with one attached hydrogen (secondary N) is 3. The van der Waals surface area contributed by atoms with E-state index in [0.29, 0.717) is 39.3 Å². The van der Waals surface area contributed by atoms with Crippen LogP contribution in [0.5, 0.6) is 0 Å². The van der Waals surface area contributed by atoms with Crippen LogP contribution >= 0.6 is 35.0 Å². The minimum atomic E-state index is -0.776. The van der Waals surface area contributed by atoms with E-state index in [-0.39, 0.29) is 22.3 Å². The molecule has 0 saturated carbocycles. The lowest BCUT2D eigenvalue weighted by Crippen LogP contribution is -2.31. The van der Waals surface area contributed by atoms with Crippen LogP contribution in [0, 0.1) is 11.3 Å². The van der Waals surface area contributed by atoms with E-state index < -0.39 is 11.8 Å². The number of carbonyl (C=O) groups excluding carboxylic acids is 2. The van der Waals surface area contributed by atoms with Gasteiger partial charge in [0.2, 0.25) is 5.91 Å². The van der Waals surface area contributed by atoms with Crippen molar-refractivity contribution in [3.63, 3.8) is 0 Å². The third-order valence-electron chi connectivity index (χ3n) is 5.58. The third kappa shape index (κ3) is 6.38. The van der Waals surface area contributed by atoms with Gasteiger partial charge in [-0.2, -0.15) is 5.26 Å². The molecule has 0 aliphatic carbocycles. The molecule has 0 fully saturated rings. The van der Waals surface area contributed by atoms with Gasteiger partial charge >= 0.3 is 0 Å². The number of rotatable bonds is 8. The summed E-state index contributed by atoms with van der Waals surface area (Å²) < 4.78 is 5.63. The fourth-order valence-electron chi connectivity index (χ4n) is 3.83. The molecule has 1 aromatic heterocycles. The Balaban J connectivity index is 1.55. The Morgan fingerprint density at radius 1 is 1.14 bits per heavy atom. The average molecular weight is 553 g/mol. The molecule has 4 rings (SSSR count). The molecule has 3 aromatic rings. The van der Waals surface area contributed by atoms with E-state index in [1.165, 1.54) is 24.1 Å². The Morgan fingerprint density at radius 3 is 2.59 bits per heavy atom. The lowest BCUT2D eigenvalue weighted by molar-refractivity contribution is -0.118. The predicted octanol–water partition coefficient (Wildman–Crippen LogP) is 5.97. The number of hydrogen-bond acceptors (Lipinski definition) is 6. The molecule has 3 N–H and O–H groups in total. The Labute approximate surface area is 228 Å². The molecular formula is C27H22Cl2N4O3S. The molecule has 0 bridgehead atoms. The van der Waals surface area contributed by atoms with Crippen LogP contribution in [0.25, 0.3) is 0 Å². The summed E-state index contributed by atoms with van der Waals surface area (Å²) in [5.74, 6) is -0.899. The van der Waals surface area contributed by atoms with Gasteiger partial charge in [-0.1, -0.05) is 65.3 Å². The smallest absolute Gasteiger partial charge is 0.254 e. The number of nitriles is 1. The van der Waals surface area contributed by atoms with Crippen LogP contribution in [0.3, 0.4) is 0 Å². The van der Waals surface area contributed by atoms with E-state index in [2.05, 4.69) is 22.0 Å². The number of hydrogen-bond donors (Lipinski definition) is 3. The SMILES string of the molecule is CC1=C(C(=O)Nc2ccc(Cl)cc2Cl)C(c2ccco2)C(C#N)=C(SCC(=O)NCc2ccccc2)N1. The number of thioether (sulfide) groups is 1. The van der Waals surface area contributed by atoms with Crippen LogP contribution in [0.4, 0.5) is 5.69 Å². The first-order valence-electron chi connectivity index (χ1n) is 11.2. The molecule has 10 heteroatoms. The normalized spacial score (nSPS) is 15.1.